The Labute approximate surface area is 157 Å². The fraction of sp³-hybridized carbons (Fsp3) is 0.105. The van der Waals surface area contributed by atoms with Crippen molar-refractivity contribution < 1.29 is 13.6 Å². The fourth-order valence-electron chi connectivity index (χ4n) is 2.46. The average molecular weight is 387 g/mol. The van der Waals surface area contributed by atoms with Crippen LogP contribution in [0.4, 0.5) is 14.5 Å². The maximum absolute atomic E-state index is 13.6. The molecule has 3 aromatic rings. The van der Waals surface area contributed by atoms with Crippen LogP contribution in [0.2, 0.25) is 0 Å². The van der Waals surface area contributed by atoms with Gasteiger partial charge in [-0.1, -0.05) is 30.0 Å². The van der Waals surface area contributed by atoms with Crippen LogP contribution in [-0.2, 0) is 11.3 Å². The molecular formula is C19H15F2N3O2S. The minimum atomic E-state index is -0.734. The molecule has 1 aromatic heterocycles. The molecule has 0 atom stereocenters. The van der Waals surface area contributed by atoms with E-state index < -0.39 is 17.5 Å². The molecule has 3 rings (SSSR count). The zero-order valence-corrected chi connectivity index (χ0v) is 14.9. The van der Waals surface area contributed by atoms with Crippen LogP contribution >= 0.6 is 11.8 Å². The summed E-state index contributed by atoms with van der Waals surface area (Å²) in [5, 5.41) is 3.12. The van der Waals surface area contributed by atoms with Crippen LogP contribution in [0.15, 0.2) is 65.1 Å². The van der Waals surface area contributed by atoms with Gasteiger partial charge in [0.05, 0.1) is 22.3 Å². The van der Waals surface area contributed by atoms with Gasteiger partial charge in [0.1, 0.15) is 11.6 Å². The van der Waals surface area contributed by atoms with Crippen molar-refractivity contribution in [3.05, 3.63) is 77.1 Å². The molecule has 1 amide bonds. The third-order valence-corrected chi connectivity index (χ3v) is 4.65. The Balaban J connectivity index is 1.82. The van der Waals surface area contributed by atoms with E-state index in [1.165, 1.54) is 4.57 Å². The molecule has 0 unspecified atom stereocenters. The fourth-order valence-corrected chi connectivity index (χ4v) is 3.27. The minimum absolute atomic E-state index is 0.127. The van der Waals surface area contributed by atoms with Crippen molar-refractivity contribution in [2.24, 2.45) is 0 Å². The number of rotatable bonds is 6. The van der Waals surface area contributed by atoms with Crippen molar-refractivity contribution in [1.82, 2.24) is 9.55 Å². The first-order valence-corrected chi connectivity index (χ1v) is 8.96. The monoisotopic (exact) mass is 387 g/mol. The number of thioether (sulfide) groups is 1. The summed E-state index contributed by atoms with van der Waals surface area (Å²) in [6.07, 6.45) is 1.56. The van der Waals surface area contributed by atoms with E-state index in [2.05, 4.69) is 16.9 Å². The summed E-state index contributed by atoms with van der Waals surface area (Å²) in [5.41, 5.74) is 0.0389. The van der Waals surface area contributed by atoms with Crippen molar-refractivity contribution in [2.75, 3.05) is 11.1 Å². The van der Waals surface area contributed by atoms with Crippen LogP contribution in [-0.4, -0.2) is 21.2 Å². The molecule has 0 spiro atoms. The number of nitrogens with one attached hydrogen (secondary N) is 1. The smallest absolute Gasteiger partial charge is 0.262 e. The average Bonchev–Trinajstić information content (AvgIpc) is 2.66. The van der Waals surface area contributed by atoms with Crippen molar-refractivity contribution in [3.63, 3.8) is 0 Å². The van der Waals surface area contributed by atoms with Crippen molar-refractivity contribution in [2.45, 2.75) is 11.7 Å². The lowest BCUT2D eigenvalue weighted by molar-refractivity contribution is -0.113. The number of aromatic nitrogens is 2. The zero-order valence-electron chi connectivity index (χ0n) is 14.1. The van der Waals surface area contributed by atoms with Crippen LogP contribution in [0, 0.1) is 11.6 Å². The van der Waals surface area contributed by atoms with Gasteiger partial charge in [0.25, 0.3) is 5.56 Å². The number of para-hydroxylation sites is 1. The van der Waals surface area contributed by atoms with E-state index >= 15 is 0 Å². The number of carbonyl (C=O) groups is 1. The normalized spacial score (nSPS) is 10.7. The molecule has 1 heterocycles. The summed E-state index contributed by atoms with van der Waals surface area (Å²) >= 11 is 1.03. The molecule has 1 N–H and O–H groups in total. The van der Waals surface area contributed by atoms with Gasteiger partial charge < -0.3 is 5.32 Å². The van der Waals surface area contributed by atoms with Crippen LogP contribution in [0.3, 0.4) is 0 Å². The highest BCUT2D eigenvalue weighted by atomic mass is 32.2. The second-order valence-electron chi connectivity index (χ2n) is 5.58. The van der Waals surface area contributed by atoms with E-state index in [9.17, 15) is 18.4 Å². The first-order chi connectivity index (χ1) is 13.0. The summed E-state index contributed by atoms with van der Waals surface area (Å²) in [6.45, 7) is 3.87. The van der Waals surface area contributed by atoms with Gasteiger partial charge in [-0.25, -0.2) is 13.8 Å². The number of hydrogen-bond acceptors (Lipinski definition) is 4. The highest BCUT2D eigenvalue weighted by molar-refractivity contribution is 7.99. The van der Waals surface area contributed by atoms with Crippen molar-refractivity contribution >= 4 is 34.3 Å². The van der Waals surface area contributed by atoms with Crippen LogP contribution in [0.1, 0.15) is 0 Å². The summed E-state index contributed by atoms with van der Waals surface area (Å²) in [7, 11) is 0. The highest BCUT2D eigenvalue weighted by Gasteiger charge is 2.14. The third kappa shape index (κ3) is 4.22. The van der Waals surface area contributed by atoms with Gasteiger partial charge in [-0.15, -0.1) is 6.58 Å². The molecule has 0 saturated carbocycles. The number of nitrogens with zero attached hydrogens (tertiary/aromatic N) is 2. The molecule has 5 nitrogen and oxygen atoms in total. The van der Waals surface area contributed by atoms with E-state index in [1.54, 1.807) is 30.3 Å². The lowest BCUT2D eigenvalue weighted by Crippen LogP contribution is -2.23. The lowest BCUT2D eigenvalue weighted by Gasteiger charge is -2.11. The van der Waals surface area contributed by atoms with Gasteiger partial charge in [-0.05, 0) is 24.3 Å². The first-order valence-electron chi connectivity index (χ1n) is 7.98. The van der Waals surface area contributed by atoms with Gasteiger partial charge in [-0.2, -0.15) is 0 Å². The number of fused-ring (bicyclic) bond motifs is 1. The zero-order chi connectivity index (χ0) is 19.4. The minimum Gasteiger partial charge on any atom is -0.323 e. The van der Waals surface area contributed by atoms with Crippen molar-refractivity contribution in [3.8, 4) is 0 Å². The van der Waals surface area contributed by atoms with Gasteiger partial charge >= 0.3 is 0 Å². The second-order valence-corrected chi connectivity index (χ2v) is 6.52. The Morgan fingerprint density at radius 2 is 2.04 bits per heavy atom. The van der Waals surface area contributed by atoms with E-state index in [0.717, 1.165) is 30.0 Å². The molecule has 8 heteroatoms. The molecule has 27 heavy (non-hydrogen) atoms. The number of amides is 1. The molecule has 0 aliphatic heterocycles. The molecule has 0 bridgehead atoms. The van der Waals surface area contributed by atoms with Crippen LogP contribution in [0.5, 0.6) is 0 Å². The molecular weight excluding hydrogens is 372 g/mol. The number of halogens is 2. The van der Waals surface area contributed by atoms with E-state index in [0.29, 0.717) is 16.1 Å². The molecule has 0 aliphatic carbocycles. The third-order valence-electron chi connectivity index (χ3n) is 3.67. The summed E-state index contributed by atoms with van der Waals surface area (Å²) in [4.78, 5) is 29.2. The van der Waals surface area contributed by atoms with Crippen LogP contribution < -0.4 is 10.9 Å². The lowest BCUT2D eigenvalue weighted by atomic mass is 10.2. The maximum atomic E-state index is 13.6. The van der Waals surface area contributed by atoms with Crippen LogP contribution in [0.25, 0.3) is 10.9 Å². The summed E-state index contributed by atoms with van der Waals surface area (Å²) < 4.78 is 28.2. The van der Waals surface area contributed by atoms with E-state index in [4.69, 9.17) is 0 Å². The highest BCUT2D eigenvalue weighted by Crippen LogP contribution is 2.20. The first kappa shape index (κ1) is 18.8. The maximum Gasteiger partial charge on any atom is 0.262 e. The number of allylic oxidation sites excluding steroid dienone is 1. The van der Waals surface area contributed by atoms with Gasteiger partial charge in [0, 0.05) is 12.6 Å². The van der Waals surface area contributed by atoms with Crippen molar-refractivity contribution in [1.29, 1.82) is 0 Å². The number of benzene rings is 2. The summed E-state index contributed by atoms with van der Waals surface area (Å²) in [5.74, 6) is -2.06. The standard InChI is InChI=1S/C19H15F2N3O2S/c1-2-9-24-18(26)13-5-3-4-6-15(13)23-19(24)27-11-17(25)22-16-10-12(20)7-8-14(16)21/h2-8,10H,1,9,11H2,(H,22,25). The Hall–Kier alpha value is -3.00. The Morgan fingerprint density at radius 1 is 1.26 bits per heavy atom. The predicted molar refractivity (Wildman–Crippen MR) is 102 cm³/mol. The van der Waals surface area contributed by atoms with Gasteiger partial charge in [0.2, 0.25) is 5.91 Å². The van der Waals surface area contributed by atoms with E-state index in [1.807, 2.05) is 0 Å². The molecule has 0 saturated heterocycles. The quantitative estimate of drug-likeness (QED) is 0.399. The predicted octanol–water partition coefficient (Wildman–Crippen LogP) is 3.59. The number of carbonyl (C=O) groups excluding carboxylic acids is 1. The molecule has 138 valence electrons. The molecule has 2 aromatic carbocycles. The van der Waals surface area contributed by atoms with Gasteiger partial charge in [0.15, 0.2) is 5.16 Å². The number of hydrogen-bond donors (Lipinski definition) is 1. The topological polar surface area (TPSA) is 64.0 Å². The second kappa shape index (κ2) is 8.13. The molecule has 0 fully saturated rings. The largest absolute Gasteiger partial charge is 0.323 e. The molecule has 0 radical (unpaired) electrons. The van der Waals surface area contributed by atoms with Gasteiger partial charge in [-0.3, -0.25) is 14.2 Å². The summed E-state index contributed by atoms with van der Waals surface area (Å²) in [6, 6.07) is 9.70. The molecule has 0 aliphatic rings. The Kier molecular flexibility index (Phi) is 5.66. The Morgan fingerprint density at radius 3 is 2.81 bits per heavy atom. The Bertz CT molecular complexity index is 1080. The van der Waals surface area contributed by atoms with E-state index in [-0.39, 0.29) is 23.5 Å². The number of anilines is 1. The SMILES string of the molecule is C=CCn1c(SCC(=O)Nc2cc(F)ccc2F)nc2ccccc2c1=O.